The predicted molar refractivity (Wildman–Crippen MR) is 93.2 cm³/mol. The molecule has 2 N–H and O–H groups in total. The third-order valence-electron chi connectivity index (χ3n) is 3.55. The first-order valence-electron chi connectivity index (χ1n) is 7.80. The van der Waals surface area contributed by atoms with E-state index in [4.69, 9.17) is 9.15 Å². The topological polar surface area (TPSA) is 71.7 Å². The van der Waals surface area contributed by atoms with Crippen LogP contribution in [0.2, 0.25) is 0 Å². The van der Waals surface area contributed by atoms with Crippen molar-refractivity contribution in [3.63, 3.8) is 0 Å². The van der Waals surface area contributed by atoms with Gasteiger partial charge in [-0.3, -0.25) is 0 Å². The van der Waals surface area contributed by atoms with Crippen LogP contribution in [0.15, 0.2) is 46.9 Å². The molecule has 0 saturated carbocycles. The quantitative estimate of drug-likeness (QED) is 0.641. The minimum Gasteiger partial charge on any atom is -0.460 e. The Labute approximate surface area is 143 Å². The van der Waals surface area contributed by atoms with Crippen molar-refractivity contribution in [2.24, 2.45) is 0 Å². The van der Waals surface area contributed by atoms with Gasteiger partial charge in [0.1, 0.15) is 11.9 Å². The average Bonchev–Trinajstić information content (AvgIpc) is 3.21. The number of furan rings is 1. The Morgan fingerprint density at radius 3 is 2.96 bits per heavy atom. The maximum atomic E-state index is 11.5. The van der Waals surface area contributed by atoms with E-state index < -0.39 is 12.1 Å². The Morgan fingerprint density at radius 2 is 2.17 bits per heavy atom. The number of aliphatic hydroxyl groups is 1. The maximum Gasteiger partial charge on any atom is 0.374 e. The van der Waals surface area contributed by atoms with E-state index >= 15 is 0 Å². The van der Waals surface area contributed by atoms with Crippen LogP contribution in [0.5, 0.6) is 0 Å². The summed E-state index contributed by atoms with van der Waals surface area (Å²) in [5, 5.41) is 14.6. The summed E-state index contributed by atoms with van der Waals surface area (Å²) in [6.45, 7) is 2.90. The van der Waals surface area contributed by atoms with Crippen molar-refractivity contribution < 1.29 is 19.1 Å². The fraction of sp³-hybridized carbons (Fsp3) is 0.278. The highest BCUT2D eigenvalue weighted by Crippen LogP contribution is 2.29. The Bertz CT molecular complexity index is 790. The van der Waals surface area contributed by atoms with Crippen molar-refractivity contribution in [3.8, 4) is 0 Å². The summed E-state index contributed by atoms with van der Waals surface area (Å²) in [6.07, 6.45) is -0.582. The molecule has 5 nitrogen and oxygen atoms in total. The van der Waals surface area contributed by atoms with Gasteiger partial charge in [0, 0.05) is 16.1 Å². The van der Waals surface area contributed by atoms with Gasteiger partial charge in [-0.2, -0.15) is 0 Å². The lowest BCUT2D eigenvalue weighted by Gasteiger charge is -2.08. The molecule has 0 aliphatic rings. The van der Waals surface area contributed by atoms with E-state index in [0.717, 1.165) is 15.0 Å². The van der Waals surface area contributed by atoms with E-state index in [9.17, 15) is 9.90 Å². The van der Waals surface area contributed by atoms with Crippen LogP contribution >= 0.6 is 11.3 Å². The molecule has 0 fully saturated rings. The van der Waals surface area contributed by atoms with Gasteiger partial charge in [0.05, 0.1) is 13.2 Å². The fourth-order valence-electron chi connectivity index (χ4n) is 2.38. The van der Waals surface area contributed by atoms with E-state index in [0.29, 0.717) is 25.5 Å². The number of carbonyl (C=O) groups is 1. The molecule has 1 unspecified atom stereocenters. The number of ether oxygens (including phenoxy) is 1. The molecule has 0 aliphatic carbocycles. The molecular weight excluding hydrogens is 326 g/mol. The Morgan fingerprint density at radius 1 is 1.33 bits per heavy atom. The number of thiophene rings is 1. The molecule has 3 rings (SSSR count). The monoisotopic (exact) mass is 345 g/mol. The molecule has 1 aromatic carbocycles. The van der Waals surface area contributed by atoms with Crippen molar-refractivity contribution >= 4 is 27.4 Å². The Balaban J connectivity index is 1.53. The zero-order valence-corrected chi connectivity index (χ0v) is 14.1. The molecule has 0 aliphatic heterocycles. The lowest BCUT2D eigenvalue weighted by Crippen LogP contribution is -2.20. The number of benzene rings is 1. The second kappa shape index (κ2) is 7.61. The molecule has 1 atom stereocenters. The second-order valence-electron chi connectivity index (χ2n) is 5.32. The molecule has 2 aromatic heterocycles. The fourth-order valence-corrected chi connectivity index (χ4v) is 3.43. The van der Waals surface area contributed by atoms with Crippen LogP contribution in [-0.4, -0.2) is 24.2 Å². The largest absolute Gasteiger partial charge is 0.460 e. The van der Waals surface area contributed by atoms with Crippen LogP contribution in [0.1, 0.15) is 34.2 Å². The molecule has 0 spiro atoms. The van der Waals surface area contributed by atoms with Crippen LogP contribution in [0, 0.1) is 0 Å². The standard InChI is InChI=1S/C18H19NO4S/c1-2-22-18(21)15-8-7-13(23-15)10-19-11-14(20)17-9-12-5-3-4-6-16(12)24-17/h3-9,14,19-20H,2,10-11H2,1H3. The van der Waals surface area contributed by atoms with Crippen LogP contribution in [0.4, 0.5) is 0 Å². The van der Waals surface area contributed by atoms with Gasteiger partial charge in [-0.15, -0.1) is 11.3 Å². The van der Waals surface area contributed by atoms with Gasteiger partial charge in [0.15, 0.2) is 0 Å². The summed E-state index contributed by atoms with van der Waals surface area (Å²) in [4.78, 5) is 12.5. The highest BCUT2D eigenvalue weighted by atomic mass is 32.1. The molecular formula is C18H19NO4S. The average molecular weight is 345 g/mol. The number of rotatable bonds is 7. The van der Waals surface area contributed by atoms with Gasteiger partial charge in [0.25, 0.3) is 0 Å². The van der Waals surface area contributed by atoms with Gasteiger partial charge in [-0.25, -0.2) is 4.79 Å². The van der Waals surface area contributed by atoms with Crippen molar-refractivity contribution in [1.82, 2.24) is 5.32 Å². The van der Waals surface area contributed by atoms with Crippen LogP contribution in [0.3, 0.4) is 0 Å². The number of hydrogen-bond donors (Lipinski definition) is 2. The highest BCUT2D eigenvalue weighted by Gasteiger charge is 2.13. The number of nitrogens with one attached hydrogen (secondary N) is 1. The Hall–Kier alpha value is -2.15. The van der Waals surface area contributed by atoms with Gasteiger partial charge in [-0.1, -0.05) is 18.2 Å². The van der Waals surface area contributed by atoms with Gasteiger partial charge in [0.2, 0.25) is 5.76 Å². The minimum atomic E-state index is -0.582. The number of aliphatic hydroxyl groups excluding tert-OH is 1. The van der Waals surface area contributed by atoms with E-state index in [-0.39, 0.29) is 5.76 Å². The molecule has 6 heteroatoms. The first-order valence-corrected chi connectivity index (χ1v) is 8.62. The summed E-state index contributed by atoms with van der Waals surface area (Å²) in [7, 11) is 0. The minimum absolute atomic E-state index is 0.193. The number of fused-ring (bicyclic) bond motifs is 1. The van der Waals surface area contributed by atoms with Crippen molar-refractivity contribution in [2.45, 2.75) is 19.6 Å². The van der Waals surface area contributed by atoms with Crippen LogP contribution in [-0.2, 0) is 11.3 Å². The van der Waals surface area contributed by atoms with Crippen LogP contribution < -0.4 is 5.32 Å². The van der Waals surface area contributed by atoms with Gasteiger partial charge in [-0.05, 0) is 36.6 Å². The van der Waals surface area contributed by atoms with Gasteiger partial charge >= 0.3 is 5.97 Å². The summed E-state index contributed by atoms with van der Waals surface area (Å²) in [5.74, 6) is 0.356. The smallest absolute Gasteiger partial charge is 0.374 e. The molecule has 126 valence electrons. The van der Waals surface area contributed by atoms with E-state index in [1.807, 2.05) is 30.3 Å². The molecule has 0 radical (unpaired) electrons. The maximum absolute atomic E-state index is 11.5. The van der Waals surface area contributed by atoms with Crippen molar-refractivity contribution in [3.05, 3.63) is 58.9 Å². The third kappa shape index (κ3) is 3.84. The molecule has 0 bridgehead atoms. The molecule has 24 heavy (non-hydrogen) atoms. The number of esters is 1. The molecule has 0 amide bonds. The van der Waals surface area contributed by atoms with Gasteiger partial charge < -0.3 is 19.6 Å². The summed E-state index contributed by atoms with van der Waals surface area (Å²) >= 11 is 1.59. The van der Waals surface area contributed by atoms with E-state index in [1.54, 1.807) is 30.4 Å². The zero-order valence-electron chi connectivity index (χ0n) is 13.3. The lowest BCUT2D eigenvalue weighted by atomic mass is 10.2. The summed E-state index contributed by atoms with van der Waals surface area (Å²) < 4.78 is 11.5. The van der Waals surface area contributed by atoms with Crippen LogP contribution in [0.25, 0.3) is 10.1 Å². The first kappa shape index (κ1) is 16.7. The lowest BCUT2D eigenvalue weighted by molar-refractivity contribution is 0.0487. The second-order valence-corrected chi connectivity index (χ2v) is 6.44. The number of hydrogen-bond acceptors (Lipinski definition) is 6. The highest BCUT2D eigenvalue weighted by molar-refractivity contribution is 7.19. The molecule has 0 saturated heterocycles. The molecule has 3 aromatic rings. The summed E-state index contributed by atoms with van der Waals surface area (Å²) in [5.41, 5.74) is 0. The predicted octanol–water partition coefficient (Wildman–Crippen LogP) is 3.49. The summed E-state index contributed by atoms with van der Waals surface area (Å²) in [6, 6.07) is 13.4. The first-order chi connectivity index (χ1) is 11.7. The normalized spacial score (nSPS) is 12.4. The Kier molecular flexibility index (Phi) is 5.30. The third-order valence-corrected chi connectivity index (χ3v) is 4.77. The van der Waals surface area contributed by atoms with E-state index in [2.05, 4.69) is 5.32 Å². The zero-order chi connectivity index (χ0) is 16.9. The molecule has 2 heterocycles. The number of carbonyl (C=O) groups excluding carboxylic acids is 1. The van der Waals surface area contributed by atoms with Crippen molar-refractivity contribution in [1.29, 1.82) is 0 Å². The SMILES string of the molecule is CCOC(=O)c1ccc(CNCC(O)c2cc3ccccc3s2)o1. The van der Waals surface area contributed by atoms with E-state index in [1.165, 1.54) is 0 Å². The van der Waals surface area contributed by atoms with Crippen molar-refractivity contribution in [2.75, 3.05) is 13.2 Å².